The minimum Gasteiger partial charge on any atom is -0.497 e. The van der Waals surface area contributed by atoms with Crippen LogP contribution in [-0.4, -0.2) is 44.2 Å². The van der Waals surface area contributed by atoms with Gasteiger partial charge in [-0.2, -0.15) is 0 Å². The maximum Gasteiger partial charge on any atom is 0.312 e. The first-order chi connectivity index (χ1) is 9.85. The van der Waals surface area contributed by atoms with Gasteiger partial charge in [-0.3, -0.25) is 4.79 Å². The lowest BCUT2D eigenvalue weighted by atomic mass is 9.99. The Kier molecular flexibility index (Phi) is 3.99. The fourth-order valence-corrected chi connectivity index (χ4v) is 5.06. The Hall–Kier alpha value is -1.60. The summed E-state index contributed by atoms with van der Waals surface area (Å²) in [5, 5.41) is 8.53. The summed E-state index contributed by atoms with van der Waals surface area (Å²) in [6.07, 6.45) is 0. The highest BCUT2D eigenvalue weighted by atomic mass is 32.2. The SMILES string of the molecule is CCS(=O)(=O)[C@@H]1[C@H](c2ccc(OC)cc2)[C@]1(CN)C(=O)O. The number of benzene rings is 1. The lowest BCUT2D eigenvalue weighted by Crippen LogP contribution is -2.32. The first kappa shape index (κ1) is 15.8. The summed E-state index contributed by atoms with van der Waals surface area (Å²) < 4.78 is 29.5. The molecule has 0 aromatic heterocycles. The molecule has 1 fully saturated rings. The second kappa shape index (κ2) is 5.31. The molecule has 7 heteroatoms. The van der Waals surface area contributed by atoms with E-state index < -0.39 is 32.4 Å². The van der Waals surface area contributed by atoms with Crippen molar-refractivity contribution in [2.24, 2.45) is 11.1 Å². The molecule has 21 heavy (non-hydrogen) atoms. The zero-order chi connectivity index (χ0) is 15.8. The van der Waals surface area contributed by atoms with Crippen molar-refractivity contribution >= 4 is 15.8 Å². The van der Waals surface area contributed by atoms with Crippen molar-refractivity contribution in [3.8, 4) is 5.75 Å². The molecule has 0 unspecified atom stereocenters. The molecular formula is C14H19NO5S. The van der Waals surface area contributed by atoms with Crippen molar-refractivity contribution in [1.82, 2.24) is 0 Å². The number of carboxylic acids is 1. The third-order valence-corrected chi connectivity index (χ3v) is 6.53. The van der Waals surface area contributed by atoms with Crippen molar-refractivity contribution in [1.29, 1.82) is 0 Å². The molecule has 0 radical (unpaired) electrons. The number of hydrogen-bond acceptors (Lipinski definition) is 5. The fraction of sp³-hybridized carbons (Fsp3) is 0.500. The van der Waals surface area contributed by atoms with Gasteiger partial charge in [0.15, 0.2) is 9.84 Å². The van der Waals surface area contributed by atoms with E-state index in [1.54, 1.807) is 24.3 Å². The number of sulfone groups is 1. The lowest BCUT2D eigenvalue weighted by Gasteiger charge is -2.09. The molecule has 0 aliphatic heterocycles. The van der Waals surface area contributed by atoms with Crippen LogP contribution in [0.15, 0.2) is 24.3 Å². The average Bonchev–Trinajstić information content (AvgIpc) is 3.19. The summed E-state index contributed by atoms with van der Waals surface area (Å²) in [5.74, 6) is -1.24. The van der Waals surface area contributed by atoms with E-state index in [9.17, 15) is 18.3 Å². The third kappa shape index (κ3) is 2.30. The van der Waals surface area contributed by atoms with Crippen LogP contribution in [0.25, 0.3) is 0 Å². The molecule has 1 aromatic carbocycles. The predicted octanol–water partition coefficient (Wildman–Crippen LogP) is 0.625. The number of nitrogens with two attached hydrogens (primary N) is 1. The highest BCUT2D eigenvalue weighted by Crippen LogP contribution is 2.62. The summed E-state index contributed by atoms with van der Waals surface area (Å²) in [6.45, 7) is 1.31. The first-order valence-electron chi connectivity index (χ1n) is 6.64. The van der Waals surface area contributed by atoms with Crippen molar-refractivity contribution in [3.63, 3.8) is 0 Å². The lowest BCUT2D eigenvalue weighted by molar-refractivity contribution is -0.143. The van der Waals surface area contributed by atoms with Crippen LogP contribution < -0.4 is 10.5 Å². The molecule has 1 aromatic rings. The van der Waals surface area contributed by atoms with Gasteiger partial charge in [-0.05, 0) is 17.7 Å². The molecule has 1 aliphatic rings. The van der Waals surface area contributed by atoms with Gasteiger partial charge in [0.25, 0.3) is 0 Å². The van der Waals surface area contributed by atoms with Crippen LogP contribution >= 0.6 is 0 Å². The molecule has 6 nitrogen and oxygen atoms in total. The Bertz CT molecular complexity index is 640. The van der Waals surface area contributed by atoms with Gasteiger partial charge in [0.05, 0.1) is 12.4 Å². The number of aliphatic carboxylic acids is 1. The Morgan fingerprint density at radius 1 is 1.38 bits per heavy atom. The van der Waals surface area contributed by atoms with Gasteiger partial charge < -0.3 is 15.6 Å². The normalized spacial score (nSPS) is 28.1. The molecule has 0 bridgehead atoms. The van der Waals surface area contributed by atoms with E-state index in [4.69, 9.17) is 10.5 Å². The summed E-state index contributed by atoms with van der Waals surface area (Å²) in [7, 11) is -1.97. The van der Waals surface area contributed by atoms with E-state index in [1.807, 2.05) is 0 Å². The standard InChI is InChI=1S/C14H19NO5S/c1-3-21(18,19)12-11(14(12,8-15)13(16)17)9-4-6-10(20-2)7-5-9/h4-7,11-12H,3,8,15H2,1-2H3,(H,16,17)/t11-,12+,14-/m0/s1. The summed E-state index contributed by atoms with van der Waals surface area (Å²) in [4.78, 5) is 11.6. The number of methoxy groups -OCH3 is 1. The number of ether oxygens (including phenoxy) is 1. The van der Waals surface area contributed by atoms with Gasteiger partial charge >= 0.3 is 5.97 Å². The van der Waals surface area contributed by atoms with Crippen LogP contribution in [-0.2, 0) is 14.6 Å². The Morgan fingerprint density at radius 2 is 1.95 bits per heavy atom. The van der Waals surface area contributed by atoms with Gasteiger partial charge in [-0.15, -0.1) is 0 Å². The Labute approximate surface area is 123 Å². The summed E-state index contributed by atoms with van der Waals surface area (Å²) >= 11 is 0. The van der Waals surface area contributed by atoms with Crippen molar-refractivity contribution < 1.29 is 23.1 Å². The molecule has 3 N–H and O–H groups in total. The molecule has 116 valence electrons. The molecular weight excluding hydrogens is 294 g/mol. The van der Waals surface area contributed by atoms with E-state index in [0.29, 0.717) is 11.3 Å². The molecule has 3 atom stereocenters. The molecule has 1 aliphatic carbocycles. The number of hydrogen-bond donors (Lipinski definition) is 2. The topological polar surface area (TPSA) is 107 Å². The summed E-state index contributed by atoms with van der Waals surface area (Å²) in [5.41, 5.74) is 4.86. The number of carboxylic acid groups (broad SMARTS) is 1. The van der Waals surface area contributed by atoms with Gasteiger partial charge in [0, 0.05) is 18.2 Å². The number of carbonyl (C=O) groups is 1. The maximum atomic E-state index is 12.2. The fourth-order valence-electron chi connectivity index (χ4n) is 2.98. The molecule has 2 rings (SSSR count). The van der Waals surface area contributed by atoms with Crippen LogP contribution in [0.1, 0.15) is 18.4 Å². The zero-order valence-corrected chi connectivity index (χ0v) is 12.8. The highest BCUT2D eigenvalue weighted by molar-refractivity contribution is 7.92. The Balaban J connectivity index is 2.47. The second-order valence-corrected chi connectivity index (χ2v) is 7.58. The maximum absolute atomic E-state index is 12.2. The van der Waals surface area contributed by atoms with Gasteiger partial charge in [-0.1, -0.05) is 19.1 Å². The van der Waals surface area contributed by atoms with Crippen LogP contribution in [0.4, 0.5) is 0 Å². The highest BCUT2D eigenvalue weighted by Gasteiger charge is 2.74. The number of rotatable bonds is 6. The summed E-state index contributed by atoms with van der Waals surface area (Å²) in [6, 6.07) is 6.77. The minimum atomic E-state index is -3.49. The molecule has 0 saturated heterocycles. The predicted molar refractivity (Wildman–Crippen MR) is 78.1 cm³/mol. The average molecular weight is 313 g/mol. The molecule has 1 saturated carbocycles. The van der Waals surface area contributed by atoms with Gasteiger partial charge in [0.2, 0.25) is 0 Å². The zero-order valence-electron chi connectivity index (χ0n) is 11.9. The largest absolute Gasteiger partial charge is 0.497 e. The van der Waals surface area contributed by atoms with E-state index in [-0.39, 0.29) is 12.3 Å². The van der Waals surface area contributed by atoms with Crippen LogP contribution in [0.3, 0.4) is 0 Å². The monoisotopic (exact) mass is 313 g/mol. The van der Waals surface area contributed by atoms with Crippen LogP contribution in [0, 0.1) is 5.41 Å². The molecule has 0 amide bonds. The van der Waals surface area contributed by atoms with Crippen molar-refractivity contribution in [2.75, 3.05) is 19.4 Å². The van der Waals surface area contributed by atoms with Crippen molar-refractivity contribution in [3.05, 3.63) is 29.8 Å². The van der Waals surface area contributed by atoms with E-state index in [2.05, 4.69) is 0 Å². The molecule has 0 heterocycles. The van der Waals surface area contributed by atoms with Gasteiger partial charge in [-0.25, -0.2) is 8.42 Å². The van der Waals surface area contributed by atoms with Crippen molar-refractivity contribution in [2.45, 2.75) is 18.1 Å². The van der Waals surface area contributed by atoms with Gasteiger partial charge in [0.1, 0.15) is 11.2 Å². The second-order valence-electron chi connectivity index (χ2n) is 5.17. The third-order valence-electron chi connectivity index (χ3n) is 4.26. The molecule has 0 spiro atoms. The van der Waals surface area contributed by atoms with E-state index in [0.717, 1.165) is 0 Å². The van der Waals surface area contributed by atoms with Crippen LogP contribution in [0.2, 0.25) is 0 Å². The van der Waals surface area contributed by atoms with Crippen LogP contribution in [0.5, 0.6) is 5.75 Å². The van der Waals surface area contributed by atoms with E-state index >= 15 is 0 Å². The minimum absolute atomic E-state index is 0.0979. The smallest absolute Gasteiger partial charge is 0.312 e. The quantitative estimate of drug-likeness (QED) is 0.797. The first-order valence-corrected chi connectivity index (χ1v) is 8.35. The van der Waals surface area contributed by atoms with E-state index in [1.165, 1.54) is 14.0 Å². The Morgan fingerprint density at radius 3 is 2.33 bits per heavy atom.